The zero-order valence-corrected chi connectivity index (χ0v) is 11.1. The standard InChI is InChI=1S/C4H7O2S.3CH3.Sn/c1-2-3-4-7(5)6;;;;/h4H,1-3H2;3*1H3;. The molecule has 0 aliphatic heterocycles. The van der Waals surface area contributed by atoms with E-state index in [1.807, 2.05) is 0 Å². The maximum atomic E-state index is 10.1. The average molecular weight is 283 g/mol. The Morgan fingerprint density at radius 1 is 1.27 bits per heavy atom. The van der Waals surface area contributed by atoms with E-state index in [9.17, 15) is 8.42 Å². The summed E-state index contributed by atoms with van der Waals surface area (Å²) in [5.41, 5.74) is 0. The minimum atomic E-state index is -1.95. The number of hydrogen-bond donors (Lipinski definition) is 0. The van der Waals surface area contributed by atoms with E-state index in [-0.39, 0.29) is 0 Å². The van der Waals surface area contributed by atoms with Crippen molar-refractivity contribution < 1.29 is 8.42 Å². The van der Waals surface area contributed by atoms with Crippen LogP contribution in [-0.4, -0.2) is 32.2 Å². The van der Waals surface area contributed by atoms with Gasteiger partial charge in [0.2, 0.25) is 0 Å². The molecule has 0 spiro atoms. The van der Waals surface area contributed by atoms with Crippen molar-refractivity contribution in [2.75, 3.05) is 0 Å². The van der Waals surface area contributed by atoms with E-state index in [4.69, 9.17) is 0 Å². The third kappa shape index (κ3) is 10.5. The fourth-order valence-corrected chi connectivity index (χ4v) is 4.78. The second-order valence-corrected chi connectivity index (χ2v) is 20.8. The van der Waals surface area contributed by atoms with Crippen LogP contribution >= 0.6 is 0 Å². The summed E-state index contributed by atoms with van der Waals surface area (Å²) in [4.78, 5) is 7.09. The summed E-state index contributed by atoms with van der Waals surface area (Å²) in [5.74, 6) is 0. The molecule has 2 nitrogen and oxygen atoms in total. The van der Waals surface area contributed by atoms with Crippen LogP contribution in [0.15, 0.2) is 0 Å². The molecule has 0 aliphatic carbocycles. The third-order valence-corrected chi connectivity index (χ3v) is 7.18. The Kier molecular flexibility index (Phi) is 5.42. The summed E-state index contributed by atoms with van der Waals surface area (Å²) in [7, 11) is -1.95. The van der Waals surface area contributed by atoms with E-state index in [2.05, 4.69) is 14.8 Å². The van der Waals surface area contributed by atoms with Crippen LogP contribution in [0, 0.1) is 0 Å². The molecule has 4 heteroatoms. The van der Waals surface area contributed by atoms with Crippen LogP contribution < -0.4 is 0 Å². The van der Waals surface area contributed by atoms with Gasteiger partial charge in [0.05, 0.1) is 0 Å². The number of rotatable bonds is 4. The molecule has 0 atom stereocenters. The SMILES string of the molecule is [CH3][Sn]([CH3])([CH3])[CH2]CCC=S(=O)=O. The molecule has 0 amide bonds. The van der Waals surface area contributed by atoms with Crippen molar-refractivity contribution >= 4 is 34.0 Å². The molecule has 0 aromatic heterocycles. The van der Waals surface area contributed by atoms with Gasteiger partial charge in [-0.2, -0.15) is 0 Å². The van der Waals surface area contributed by atoms with Gasteiger partial charge < -0.3 is 0 Å². The fourth-order valence-electron chi connectivity index (χ4n) is 0.812. The second-order valence-electron chi connectivity index (χ2n) is 3.88. The number of hydrogen-bond acceptors (Lipinski definition) is 2. The van der Waals surface area contributed by atoms with Crippen LogP contribution in [0.4, 0.5) is 0 Å². The molecule has 0 aliphatic rings. The second kappa shape index (κ2) is 5.19. The van der Waals surface area contributed by atoms with Gasteiger partial charge in [-0.3, -0.25) is 0 Å². The minimum absolute atomic E-state index is 0.726. The van der Waals surface area contributed by atoms with E-state index in [1.54, 1.807) is 0 Å². The Morgan fingerprint density at radius 2 is 1.82 bits per heavy atom. The van der Waals surface area contributed by atoms with Crippen LogP contribution in [-0.2, 0) is 10.3 Å². The molecular weight excluding hydrogens is 267 g/mol. The van der Waals surface area contributed by atoms with Crippen molar-refractivity contribution in [3.05, 3.63) is 0 Å². The van der Waals surface area contributed by atoms with Crippen LogP contribution in [0.2, 0.25) is 19.3 Å². The summed E-state index contributed by atoms with van der Waals surface area (Å²) >= 11 is -1.60. The maximum absolute atomic E-state index is 10.1. The topological polar surface area (TPSA) is 34.1 Å². The molecule has 0 aromatic rings. The van der Waals surface area contributed by atoms with Gasteiger partial charge in [-0.1, -0.05) is 0 Å². The fraction of sp³-hybridized carbons (Fsp3) is 0.857. The van der Waals surface area contributed by atoms with Crippen molar-refractivity contribution in [2.45, 2.75) is 32.1 Å². The van der Waals surface area contributed by atoms with Gasteiger partial charge in [-0.05, 0) is 0 Å². The van der Waals surface area contributed by atoms with Crippen molar-refractivity contribution in [2.24, 2.45) is 0 Å². The van der Waals surface area contributed by atoms with Gasteiger partial charge >= 0.3 is 74.6 Å². The summed E-state index contributed by atoms with van der Waals surface area (Å²) in [6, 6.07) is 0. The first-order chi connectivity index (χ1) is 4.92. The molecule has 0 saturated heterocycles. The molecule has 0 unspecified atom stereocenters. The Hall–Kier alpha value is 0.489. The van der Waals surface area contributed by atoms with Crippen molar-refractivity contribution in [3.8, 4) is 0 Å². The molecule has 0 bridgehead atoms. The summed E-state index contributed by atoms with van der Waals surface area (Å²) < 4.78 is 21.5. The molecule has 0 saturated carbocycles. The molecule has 66 valence electrons. The van der Waals surface area contributed by atoms with Gasteiger partial charge in [0, 0.05) is 0 Å². The Morgan fingerprint density at radius 3 is 2.18 bits per heavy atom. The van der Waals surface area contributed by atoms with Crippen molar-refractivity contribution in [1.82, 2.24) is 0 Å². The molecule has 0 heterocycles. The molecular formula is C7H16O2SSn. The number of unbranched alkanes of at least 4 members (excludes halogenated alkanes) is 1. The van der Waals surface area contributed by atoms with Crippen LogP contribution in [0.1, 0.15) is 12.8 Å². The molecule has 0 fully saturated rings. The zero-order valence-electron chi connectivity index (χ0n) is 7.42. The normalized spacial score (nSPS) is 11.2. The average Bonchev–Trinajstić information content (AvgIpc) is 1.78. The summed E-state index contributed by atoms with van der Waals surface area (Å²) in [6.07, 6.45) is 1.78. The Bertz CT molecular complexity index is 215. The van der Waals surface area contributed by atoms with Crippen LogP contribution in [0.5, 0.6) is 0 Å². The van der Waals surface area contributed by atoms with E-state index in [0.29, 0.717) is 0 Å². The molecule has 0 rings (SSSR count). The monoisotopic (exact) mass is 284 g/mol. The van der Waals surface area contributed by atoms with Gasteiger partial charge in [-0.25, -0.2) is 0 Å². The van der Waals surface area contributed by atoms with Gasteiger partial charge in [-0.15, -0.1) is 0 Å². The Balaban J connectivity index is 3.52. The molecule has 0 radical (unpaired) electrons. The third-order valence-electron chi connectivity index (χ3n) is 1.38. The van der Waals surface area contributed by atoms with Crippen LogP contribution in [0.25, 0.3) is 0 Å². The summed E-state index contributed by atoms with van der Waals surface area (Å²) in [5, 5.41) is 1.36. The van der Waals surface area contributed by atoms with Crippen LogP contribution in [0.3, 0.4) is 0 Å². The first-order valence-corrected chi connectivity index (χ1v) is 15.5. The molecule has 11 heavy (non-hydrogen) atoms. The first kappa shape index (κ1) is 11.5. The van der Waals surface area contributed by atoms with Gasteiger partial charge in [0.15, 0.2) is 0 Å². The van der Waals surface area contributed by atoms with Gasteiger partial charge in [0.1, 0.15) is 0 Å². The summed E-state index contributed by atoms with van der Waals surface area (Å²) in [6.45, 7) is 0. The molecule has 0 N–H and O–H groups in total. The van der Waals surface area contributed by atoms with E-state index in [1.165, 1.54) is 9.80 Å². The zero-order chi connectivity index (χ0) is 8.91. The van der Waals surface area contributed by atoms with Crippen molar-refractivity contribution in [1.29, 1.82) is 0 Å². The quantitative estimate of drug-likeness (QED) is 0.448. The van der Waals surface area contributed by atoms with E-state index >= 15 is 0 Å². The first-order valence-electron chi connectivity index (χ1n) is 3.83. The predicted octanol–water partition coefficient (Wildman–Crippen LogP) is 1.79. The van der Waals surface area contributed by atoms with Gasteiger partial charge in [0.25, 0.3) is 0 Å². The Labute approximate surface area is 74.4 Å². The van der Waals surface area contributed by atoms with E-state index in [0.717, 1.165) is 12.8 Å². The molecule has 0 aromatic carbocycles. The van der Waals surface area contributed by atoms with Crippen molar-refractivity contribution in [3.63, 3.8) is 0 Å². The predicted molar refractivity (Wildman–Crippen MR) is 52.4 cm³/mol. The van der Waals surface area contributed by atoms with E-state index < -0.39 is 28.7 Å².